The molecular formula is C25H35N5O3. The molecule has 8 heteroatoms. The van der Waals surface area contributed by atoms with Crippen molar-refractivity contribution in [1.29, 1.82) is 0 Å². The summed E-state index contributed by atoms with van der Waals surface area (Å²) in [5.41, 5.74) is 2.27. The van der Waals surface area contributed by atoms with Crippen molar-refractivity contribution in [3.63, 3.8) is 0 Å². The predicted molar refractivity (Wildman–Crippen MR) is 132 cm³/mol. The van der Waals surface area contributed by atoms with Crippen LogP contribution < -0.4 is 20.5 Å². The molecule has 3 rings (SSSR count). The zero-order chi connectivity index (χ0) is 23.8. The van der Waals surface area contributed by atoms with E-state index >= 15 is 0 Å². The van der Waals surface area contributed by atoms with Gasteiger partial charge in [0.25, 0.3) is 5.56 Å². The Labute approximate surface area is 195 Å². The molecule has 2 N–H and O–H groups in total. The molecular weight excluding hydrogens is 418 g/mol. The first kappa shape index (κ1) is 24.5. The number of methoxy groups -OCH3 is 1. The van der Waals surface area contributed by atoms with Crippen molar-refractivity contribution in [1.82, 2.24) is 20.2 Å². The van der Waals surface area contributed by atoms with Crippen LogP contribution in [0.3, 0.4) is 0 Å². The number of H-pyrrole nitrogens is 1. The summed E-state index contributed by atoms with van der Waals surface area (Å²) in [5, 5.41) is 3.28. The smallest absolute Gasteiger partial charge is 0.271 e. The molecule has 1 aliphatic heterocycles. The molecule has 8 nitrogen and oxygen atoms in total. The van der Waals surface area contributed by atoms with Crippen molar-refractivity contribution in [3.8, 4) is 17.0 Å². The van der Waals surface area contributed by atoms with E-state index in [2.05, 4.69) is 34.0 Å². The Kier molecular flexibility index (Phi) is 8.65. The zero-order valence-corrected chi connectivity index (χ0v) is 20.0. The number of likely N-dealkylation sites (N-methyl/N-ethyl adjacent to an activating group) is 1. The fourth-order valence-electron chi connectivity index (χ4n) is 4.16. The number of aromatic amines is 1. The average molecular weight is 454 g/mol. The summed E-state index contributed by atoms with van der Waals surface area (Å²) in [4.78, 5) is 36.5. The number of amides is 1. The van der Waals surface area contributed by atoms with Crippen molar-refractivity contribution < 1.29 is 9.53 Å². The number of aromatic nitrogens is 2. The second-order valence-electron chi connectivity index (χ2n) is 8.52. The maximum Gasteiger partial charge on any atom is 0.271 e. The van der Waals surface area contributed by atoms with Crippen molar-refractivity contribution >= 4 is 11.6 Å². The van der Waals surface area contributed by atoms with Gasteiger partial charge in [-0.15, -0.1) is 0 Å². The van der Waals surface area contributed by atoms with Crippen molar-refractivity contribution in [2.45, 2.75) is 45.7 Å². The van der Waals surface area contributed by atoms with E-state index in [1.54, 1.807) is 25.6 Å². The molecule has 0 radical (unpaired) electrons. The number of carbonyl (C=O) groups excluding carboxylic acids is 1. The van der Waals surface area contributed by atoms with E-state index in [0.29, 0.717) is 37.2 Å². The number of hydrogen-bond acceptors (Lipinski definition) is 6. The van der Waals surface area contributed by atoms with E-state index in [0.717, 1.165) is 30.5 Å². The van der Waals surface area contributed by atoms with Gasteiger partial charge in [-0.05, 0) is 37.5 Å². The van der Waals surface area contributed by atoms with Crippen molar-refractivity contribution in [3.05, 3.63) is 53.1 Å². The first-order chi connectivity index (χ1) is 15.9. The third-order valence-electron chi connectivity index (χ3n) is 5.86. The molecule has 1 atom stereocenters. The maximum absolute atomic E-state index is 12.8. The fraction of sp³-hybridized carbons (Fsp3) is 0.480. The number of ether oxygens (including phenoxy) is 1. The molecule has 1 amide bonds. The number of nitrogens with one attached hydrogen (secondary N) is 2. The van der Waals surface area contributed by atoms with Gasteiger partial charge in [-0.25, -0.2) is 4.98 Å². The molecule has 0 aliphatic carbocycles. The molecule has 2 aromatic heterocycles. The van der Waals surface area contributed by atoms with Gasteiger partial charge < -0.3 is 24.8 Å². The standard InChI is InChI=1S/C25H35N5O3/c1-5-30(21-8-7-13-29(17-21)24(31)9-6-11-26-18(2)3)22-14-20(16-28-25(22)32)19-10-12-27-23(15-19)33-4/h6,9-10,12,14-16,18,21,26H,5,7-8,11,13,17H2,1-4H3,(H,28,32)/b9-6+/t21-/m1/s1. The Bertz CT molecular complexity index is 1020. The van der Waals surface area contributed by atoms with Crippen molar-refractivity contribution in [2.24, 2.45) is 0 Å². The molecule has 0 spiro atoms. The minimum atomic E-state index is -0.135. The fourth-order valence-corrected chi connectivity index (χ4v) is 4.16. The monoisotopic (exact) mass is 453 g/mol. The minimum absolute atomic E-state index is 0.0212. The second-order valence-corrected chi connectivity index (χ2v) is 8.52. The van der Waals surface area contributed by atoms with E-state index in [-0.39, 0.29) is 17.5 Å². The summed E-state index contributed by atoms with van der Waals surface area (Å²) in [5.74, 6) is 0.540. The lowest BCUT2D eigenvalue weighted by Crippen LogP contribution is -2.50. The lowest BCUT2D eigenvalue weighted by Gasteiger charge is -2.39. The summed E-state index contributed by atoms with van der Waals surface area (Å²) in [6, 6.07) is 6.10. The zero-order valence-electron chi connectivity index (χ0n) is 20.0. The number of anilines is 1. The molecule has 33 heavy (non-hydrogen) atoms. The molecule has 1 aliphatic rings. The van der Waals surface area contributed by atoms with E-state index in [4.69, 9.17) is 4.74 Å². The lowest BCUT2D eigenvalue weighted by atomic mass is 10.0. The third kappa shape index (κ3) is 6.44. The van der Waals surface area contributed by atoms with Crippen LogP contribution >= 0.6 is 0 Å². The Hall–Kier alpha value is -3.13. The Morgan fingerprint density at radius 2 is 2.21 bits per heavy atom. The van der Waals surface area contributed by atoms with Gasteiger partial charge in [0.2, 0.25) is 11.8 Å². The summed E-state index contributed by atoms with van der Waals surface area (Å²) in [7, 11) is 1.58. The highest BCUT2D eigenvalue weighted by Gasteiger charge is 2.28. The largest absolute Gasteiger partial charge is 0.481 e. The quantitative estimate of drug-likeness (QED) is 0.568. The van der Waals surface area contributed by atoms with E-state index in [1.807, 2.05) is 36.1 Å². The second kappa shape index (κ2) is 11.7. The first-order valence-corrected chi connectivity index (χ1v) is 11.6. The molecule has 1 fully saturated rings. The van der Waals surface area contributed by atoms with E-state index in [9.17, 15) is 9.59 Å². The number of nitrogens with zero attached hydrogens (tertiary/aromatic N) is 3. The normalized spacial score (nSPS) is 16.4. The number of hydrogen-bond donors (Lipinski definition) is 2. The van der Waals surface area contributed by atoms with Gasteiger partial charge >= 0.3 is 0 Å². The Balaban J connectivity index is 1.78. The molecule has 0 unspecified atom stereocenters. The van der Waals surface area contributed by atoms with Gasteiger partial charge in [0.05, 0.1) is 7.11 Å². The van der Waals surface area contributed by atoms with Gasteiger partial charge in [0.1, 0.15) is 5.69 Å². The molecule has 0 aromatic carbocycles. The number of piperidine rings is 1. The van der Waals surface area contributed by atoms with Gasteiger partial charge in [0.15, 0.2) is 0 Å². The van der Waals surface area contributed by atoms with Crippen LogP contribution in [0.25, 0.3) is 11.1 Å². The molecule has 178 valence electrons. The van der Waals surface area contributed by atoms with Crippen molar-refractivity contribution in [2.75, 3.05) is 38.2 Å². The SMILES string of the molecule is CCN(c1cc(-c2ccnc(OC)c2)c[nH]c1=O)[C@@H]1CCCN(C(=O)/C=C/CNC(C)C)C1. The van der Waals surface area contributed by atoms with Crippen LogP contribution in [0.4, 0.5) is 5.69 Å². The average Bonchev–Trinajstić information content (AvgIpc) is 2.83. The molecule has 0 saturated carbocycles. The number of pyridine rings is 2. The topological polar surface area (TPSA) is 90.6 Å². The summed E-state index contributed by atoms with van der Waals surface area (Å²) in [6.07, 6.45) is 8.76. The van der Waals surface area contributed by atoms with Crippen LogP contribution in [0.15, 0.2) is 47.5 Å². The lowest BCUT2D eigenvalue weighted by molar-refractivity contribution is -0.127. The van der Waals surface area contributed by atoms with E-state index < -0.39 is 0 Å². The van der Waals surface area contributed by atoms with Gasteiger partial charge in [-0.3, -0.25) is 9.59 Å². The molecule has 0 bridgehead atoms. The predicted octanol–water partition coefficient (Wildman–Crippen LogP) is 2.82. The van der Waals surface area contributed by atoms with Crippen LogP contribution in [0, 0.1) is 0 Å². The van der Waals surface area contributed by atoms with Crippen LogP contribution in [-0.2, 0) is 4.79 Å². The summed E-state index contributed by atoms with van der Waals surface area (Å²) < 4.78 is 5.23. The third-order valence-corrected chi connectivity index (χ3v) is 5.86. The highest BCUT2D eigenvalue weighted by atomic mass is 16.5. The number of rotatable bonds is 9. The number of likely N-dealkylation sites (tertiary alicyclic amines) is 1. The van der Waals surface area contributed by atoms with Gasteiger partial charge in [-0.2, -0.15) is 0 Å². The van der Waals surface area contributed by atoms with Crippen LogP contribution in [0.2, 0.25) is 0 Å². The minimum Gasteiger partial charge on any atom is -0.481 e. The molecule has 3 heterocycles. The molecule has 2 aromatic rings. The van der Waals surface area contributed by atoms with E-state index in [1.165, 1.54) is 0 Å². The van der Waals surface area contributed by atoms with Gasteiger partial charge in [-0.1, -0.05) is 19.9 Å². The van der Waals surface area contributed by atoms with Crippen LogP contribution in [-0.4, -0.2) is 66.1 Å². The number of carbonyl (C=O) groups is 1. The Morgan fingerprint density at radius 1 is 1.39 bits per heavy atom. The van der Waals surface area contributed by atoms with Crippen LogP contribution in [0.5, 0.6) is 5.88 Å². The Morgan fingerprint density at radius 3 is 2.94 bits per heavy atom. The molecule has 1 saturated heterocycles. The first-order valence-electron chi connectivity index (χ1n) is 11.6. The highest BCUT2D eigenvalue weighted by Crippen LogP contribution is 2.26. The summed E-state index contributed by atoms with van der Waals surface area (Å²) in [6.45, 7) is 8.87. The van der Waals surface area contributed by atoms with Gasteiger partial charge in [0, 0.05) is 68.4 Å². The summed E-state index contributed by atoms with van der Waals surface area (Å²) >= 11 is 0. The van der Waals surface area contributed by atoms with Crippen LogP contribution in [0.1, 0.15) is 33.6 Å². The highest BCUT2D eigenvalue weighted by molar-refractivity contribution is 5.87. The maximum atomic E-state index is 12.8.